The highest BCUT2D eigenvalue weighted by Crippen LogP contribution is 2.16. The zero-order chi connectivity index (χ0) is 15.9. The highest BCUT2D eigenvalue weighted by Gasteiger charge is 2.06. The van der Waals surface area contributed by atoms with Gasteiger partial charge in [0, 0.05) is 11.3 Å². The van der Waals surface area contributed by atoms with Gasteiger partial charge in [-0.05, 0) is 48.4 Å². The second kappa shape index (κ2) is 7.26. The molecule has 2 aromatic carbocycles. The number of carboxylic acid groups (broad SMARTS) is 1. The number of benzene rings is 2. The lowest BCUT2D eigenvalue weighted by Crippen LogP contribution is -2.12. The first-order valence-corrected chi connectivity index (χ1v) is 6.93. The second-order valence-corrected chi connectivity index (χ2v) is 4.71. The Hall–Kier alpha value is -2.82. The third kappa shape index (κ3) is 4.34. The van der Waals surface area contributed by atoms with Crippen molar-refractivity contribution in [2.45, 2.75) is 13.3 Å². The third-order valence-corrected chi connectivity index (χ3v) is 3.10. The van der Waals surface area contributed by atoms with Gasteiger partial charge in [-0.1, -0.05) is 19.1 Å². The molecule has 2 rings (SSSR count). The van der Waals surface area contributed by atoms with E-state index in [0.29, 0.717) is 17.0 Å². The van der Waals surface area contributed by atoms with Crippen molar-refractivity contribution in [3.63, 3.8) is 0 Å². The SMILES string of the molecule is CCc1ccc(C(=O)Nc2ccc(OCC(=O)O)cc2)cc1. The average Bonchev–Trinajstić information content (AvgIpc) is 2.54. The summed E-state index contributed by atoms with van der Waals surface area (Å²) in [5.41, 5.74) is 2.38. The van der Waals surface area contributed by atoms with E-state index in [2.05, 4.69) is 12.2 Å². The van der Waals surface area contributed by atoms with E-state index < -0.39 is 12.6 Å². The van der Waals surface area contributed by atoms with Crippen LogP contribution in [0.4, 0.5) is 5.69 Å². The van der Waals surface area contributed by atoms with Crippen LogP contribution in [0.25, 0.3) is 0 Å². The second-order valence-electron chi connectivity index (χ2n) is 4.71. The van der Waals surface area contributed by atoms with E-state index in [0.717, 1.165) is 6.42 Å². The van der Waals surface area contributed by atoms with Gasteiger partial charge in [0.05, 0.1) is 0 Å². The van der Waals surface area contributed by atoms with E-state index >= 15 is 0 Å². The summed E-state index contributed by atoms with van der Waals surface area (Å²) in [4.78, 5) is 22.5. The summed E-state index contributed by atoms with van der Waals surface area (Å²) in [7, 11) is 0. The van der Waals surface area contributed by atoms with E-state index in [9.17, 15) is 9.59 Å². The van der Waals surface area contributed by atoms with E-state index in [-0.39, 0.29) is 5.91 Å². The molecule has 0 spiro atoms. The maximum atomic E-state index is 12.1. The van der Waals surface area contributed by atoms with Crippen LogP contribution in [0, 0.1) is 0 Å². The number of aryl methyl sites for hydroxylation is 1. The normalized spacial score (nSPS) is 10.0. The minimum atomic E-state index is -1.03. The number of amides is 1. The van der Waals surface area contributed by atoms with E-state index in [1.54, 1.807) is 36.4 Å². The maximum absolute atomic E-state index is 12.1. The van der Waals surface area contributed by atoms with Gasteiger partial charge in [0.2, 0.25) is 0 Å². The molecule has 2 N–H and O–H groups in total. The Morgan fingerprint density at radius 2 is 1.68 bits per heavy atom. The van der Waals surface area contributed by atoms with Crippen LogP contribution in [-0.2, 0) is 11.2 Å². The topological polar surface area (TPSA) is 75.6 Å². The van der Waals surface area contributed by atoms with E-state index in [1.807, 2.05) is 12.1 Å². The molecule has 2 aromatic rings. The number of rotatable bonds is 6. The number of carbonyl (C=O) groups excluding carboxylic acids is 1. The minimum Gasteiger partial charge on any atom is -0.482 e. The Morgan fingerprint density at radius 3 is 2.23 bits per heavy atom. The zero-order valence-electron chi connectivity index (χ0n) is 12.2. The van der Waals surface area contributed by atoms with Crippen LogP contribution < -0.4 is 10.1 Å². The van der Waals surface area contributed by atoms with Crippen molar-refractivity contribution in [1.82, 2.24) is 0 Å². The van der Waals surface area contributed by atoms with Crippen molar-refractivity contribution in [2.24, 2.45) is 0 Å². The first-order chi connectivity index (χ1) is 10.6. The molecule has 0 aliphatic rings. The molecule has 0 aromatic heterocycles. The number of carboxylic acids is 1. The van der Waals surface area contributed by atoms with Crippen LogP contribution in [0.3, 0.4) is 0 Å². The van der Waals surface area contributed by atoms with Crippen LogP contribution in [0.15, 0.2) is 48.5 Å². The molecule has 0 saturated carbocycles. The lowest BCUT2D eigenvalue weighted by molar-refractivity contribution is -0.139. The number of carbonyl (C=O) groups is 2. The Morgan fingerprint density at radius 1 is 1.05 bits per heavy atom. The average molecular weight is 299 g/mol. The molecular weight excluding hydrogens is 282 g/mol. The fourth-order valence-corrected chi connectivity index (χ4v) is 1.87. The van der Waals surface area contributed by atoms with Gasteiger partial charge >= 0.3 is 5.97 Å². The highest BCUT2D eigenvalue weighted by atomic mass is 16.5. The molecule has 0 aliphatic carbocycles. The Kier molecular flexibility index (Phi) is 5.14. The molecule has 22 heavy (non-hydrogen) atoms. The third-order valence-electron chi connectivity index (χ3n) is 3.10. The van der Waals surface area contributed by atoms with E-state index in [1.165, 1.54) is 5.56 Å². The predicted octanol–water partition coefficient (Wildman–Crippen LogP) is 2.96. The standard InChI is InChI=1S/C17H17NO4/c1-2-12-3-5-13(6-4-12)17(21)18-14-7-9-15(10-8-14)22-11-16(19)20/h3-10H,2,11H2,1H3,(H,18,21)(H,19,20). The summed E-state index contributed by atoms with van der Waals surface area (Å²) < 4.78 is 5.03. The molecule has 0 atom stereocenters. The van der Waals surface area contributed by atoms with Crippen LogP contribution in [0.5, 0.6) is 5.75 Å². The lowest BCUT2D eigenvalue weighted by atomic mass is 10.1. The first-order valence-electron chi connectivity index (χ1n) is 6.93. The summed E-state index contributed by atoms with van der Waals surface area (Å²) in [6.45, 7) is 1.67. The summed E-state index contributed by atoms with van der Waals surface area (Å²) in [6.07, 6.45) is 0.930. The van der Waals surface area contributed by atoms with Gasteiger partial charge in [0.1, 0.15) is 5.75 Å². The number of hydrogen-bond acceptors (Lipinski definition) is 3. The van der Waals surface area contributed by atoms with Crippen LogP contribution in [-0.4, -0.2) is 23.6 Å². The fraction of sp³-hybridized carbons (Fsp3) is 0.176. The number of ether oxygens (including phenoxy) is 1. The Bertz CT molecular complexity index is 647. The predicted molar refractivity (Wildman–Crippen MR) is 83.3 cm³/mol. The van der Waals surface area contributed by atoms with Crippen LogP contribution in [0.1, 0.15) is 22.8 Å². The van der Waals surface area contributed by atoms with Crippen molar-refractivity contribution in [2.75, 3.05) is 11.9 Å². The van der Waals surface area contributed by atoms with Gasteiger partial charge in [0.15, 0.2) is 6.61 Å². The Balaban J connectivity index is 1.97. The molecule has 0 saturated heterocycles. The maximum Gasteiger partial charge on any atom is 0.341 e. The van der Waals surface area contributed by atoms with Crippen molar-refractivity contribution >= 4 is 17.6 Å². The molecule has 0 heterocycles. The largest absolute Gasteiger partial charge is 0.482 e. The quantitative estimate of drug-likeness (QED) is 0.860. The van der Waals surface area contributed by atoms with Crippen LogP contribution in [0.2, 0.25) is 0 Å². The molecule has 0 unspecified atom stereocenters. The monoisotopic (exact) mass is 299 g/mol. The molecule has 1 amide bonds. The molecule has 0 fully saturated rings. The number of hydrogen-bond donors (Lipinski definition) is 2. The first kappa shape index (κ1) is 15.6. The number of nitrogens with one attached hydrogen (secondary N) is 1. The van der Waals surface area contributed by atoms with Crippen molar-refractivity contribution < 1.29 is 19.4 Å². The van der Waals surface area contributed by atoms with Gasteiger partial charge in [-0.3, -0.25) is 4.79 Å². The smallest absolute Gasteiger partial charge is 0.341 e. The lowest BCUT2D eigenvalue weighted by Gasteiger charge is -2.07. The van der Waals surface area contributed by atoms with Gasteiger partial charge in [0.25, 0.3) is 5.91 Å². The zero-order valence-corrected chi connectivity index (χ0v) is 12.2. The minimum absolute atomic E-state index is 0.193. The fourth-order valence-electron chi connectivity index (χ4n) is 1.87. The van der Waals surface area contributed by atoms with E-state index in [4.69, 9.17) is 9.84 Å². The van der Waals surface area contributed by atoms with Crippen molar-refractivity contribution in [3.8, 4) is 5.75 Å². The van der Waals surface area contributed by atoms with Gasteiger partial charge < -0.3 is 15.2 Å². The van der Waals surface area contributed by atoms with Gasteiger partial charge in [-0.15, -0.1) is 0 Å². The summed E-state index contributed by atoms with van der Waals surface area (Å²) >= 11 is 0. The molecule has 114 valence electrons. The summed E-state index contributed by atoms with van der Waals surface area (Å²) in [5, 5.41) is 11.3. The molecule has 0 bridgehead atoms. The summed E-state index contributed by atoms with van der Waals surface area (Å²) in [5.74, 6) is -0.789. The van der Waals surface area contributed by atoms with Crippen LogP contribution >= 0.6 is 0 Å². The number of aliphatic carboxylic acids is 1. The molecule has 5 heteroatoms. The molecule has 0 aliphatic heterocycles. The number of anilines is 1. The van der Waals surface area contributed by atoms with Gasteiger partial charge in [-0.25, -0.2) is 4.79 Å². The van der Waals surface area contributed by atoms with Gasteiger partial charge in [-0.2, -0.15) is 0 Å². The summed E-state index contributed by atoms with van der Waals surface area (Å²) in [6, 6.07) is 14.0. The van der Waals surface area contributed by atoms with Crippen molar-refractivity contribution in [1.29, 1.82) is 0 Å². The highest BCUT2D eigenvalue weighted by molar-refractivity contribution is 6.04. The molecular formula is C17H17NO4. The van der Waals surface area contributed by atoms with Crippen molar-refractivity contribution in [3.05, 3.63) is 59.7 Å². The molecule has 0 radical (unpaired) electrons. The molecule has 5 nitrogen and oxygen atoms in total. The Labute approximate surface area is 128 Å².